The van der Waals surface area contributed by atoms with Crippen LogP contribution in [0.15, 0.2) is 18.2 Å². The summed E-state index contributed by atoms with van der Waals surface area (Å²) in [7, 11) is 1.30. The summed E-state index contributed by atoms with van der Waals surface area (Å²) < 4.78 is 9.55. The predicted molar refractivity (Wildman–Crippen MR) is 73.2 cm³/mol. The second-order valence-electron chi connectivity index (χ2n) is 3.94. The topological polar surface area (TPSA) is 128 Å². The van der Waals surface area contributed by atoms with Crippen molar-refractivity contribution in [1.29, 1.82) is 0 Å². The van der Waals surface area contributed by atoms with E-state index >= 15 is 0 Å². The first kappa shape index (κ1) is 16.4. The van der Waals surface area contributed by atoms with E-state index in [0.717, 1.165) is 0 Å². The Kier molecular flexibility index (Phi) is 5.67. The molecule has 1 amide bonds. The number of nitrogens with two attached hydrogens (primary N) is 1. The molecule has 8 heteroatoms. The highest BCUT2D eigenvalue weighted by atomic mass is 16.5. The second kappa shape index (κ2) is 7.25. The van der Waals surface area contributed by atoms with Gasteiger partial charge in [-0.25, -0.2) is 9.59 Å². The normalized spacial score (nSPS) is 11.4. The van der Waals surface area contributed by atoms with Gasteiger partial charge >= 0.3 is 11.9 Å². The van der Waals surface area contributed by atoms with Gasteiger partial charge in [0.1, 0.15) is 11.3 Å². The van der Waals surface area contributed by atoms with Gasteiger partial charge in [0.2, 0.25) is 0 Å². The molecular formula is C13H16N2O6. The van der Waals surface area contributed by atoms with Crippen LogP contribution in [0.25, 0.3) is 0 Å². The lowest BCUT2D eigenvalue weighted by Crippen LogP contribution is -2.43. The summed E-state index contributed by atoms with van der Waals surface area (Å²) in [5, 5.41) is 11.3. The Labute approximate surface area is 120 Å². The number of rotatable bonds is 6. The van der Waals surface area contributed by atoms with Crippen LogP contribution in [0.3, 0.4) is 0 Å². The monoisotopic (exact) mass is 296 g/mol. The summed E-state index contributed by atoms with van der Waals surface area (Å²) in [6.07, 6.45) is 0. The molecule has 21 heavy (non-hydrogen) atoms. The van der Waals surface area contributed by atoms with E-state index in [1.165, 1.54) is 25.3 Å². The maximum absolute atomic E-state index is 11.8. The highest BCUT2D eigenvalue weighted by Crippen LogP contribution is 2.23. The van der Waals surface area contributed by atoms with E-state index in [0.29, 0.717) is 0 Å². The average molecular weight is 296 g/mol. The zero-order valence-electron chi connectivity index (χ0n) is 11.6. The lowest BCUT2D eigenvalue weighted by atomic mass is 10.1. The predicted octanol–water partition coefficient (Wildman–Crippen LogP) is 0.222. The summed E-state index contributed by atoms with van der Waals surface area (Å²) in [4.78, 5) is 34.0. The fourth-order valence-corrected chi connectivity index (χ4v) is 1.50. The van der Waals surface area contributed by atoms with Gasteiger partial charge < -0.3 is 25.6 Å². The van der Waals surface area contributed by atoms with Crippen molar-refractivity contribution in [1.82, 2.24) is 0 Å². The summed E-state index contributed by atoms with van der Waals surface area (Å²) in [6.45, 7) is 1.71. The maximum Gasteiger partial charge on any atom is 0.339 e. The average Bonchev–Trinajstić information content (AvgIpc) is 2.46. The van der Waals surface area contributed by atoms with Gasteiger partial charge in [-0.05, 0) is 19.1 Å². The first-order chi connectivity index (χ1) is 9.90. The Morgan fingerprint density at radius 3 is 2.57 bits per heavy atom. The SMILES string of the molecule is CCOC(=O)C(N)C(=O)Nc1ccc(C(=O)O)c(OC)c1. The van der Waals surface area contributed by atoms with Crippen LogP contribution in [0.2, 0.25) is 0 Å². The van der Waals surface area contributed by atoms with E-state index in [2.05, 4.69) is 10.1 Å². The van der Waals surface area contributed by atoms with Gasteiger partial charge in [0.05, 0.1) is 13.7 Å². The van der Waals surface area contributed by atoms with Gasteiger partial charge in [0, 0.05) is 11.8 Å². The molecule has 0 aliphatic rings. The molecular weight excluding hydrogens is 280 g/mol. The zero-order chi connectivity index (χ0) is 16.0. The quantitative estimate of drug-likeness (QED) is 0.506. The molecule has 0 heterocycles. The highest BCUT2D eigenvalue weighted by Gasteiger charge is 2.23. The summed E-state index contributed by atoms with van der Waals surface area (Å²) >= 11 is 0. The number of benzene rings is 1. The van der Waals surface area contributed by atoms with E-state index in [9.17, 15) is 14.4 Å². The van der Waals surface area contributed by atoms with Gasteiger partial charge in [-0.3, -0.25) is 4.79 Å². The number of nitrogens with one attached hydrogen (secondary N) is 1. The molecule has 1 atom stereocenters. The van der Waals surface area contributed by atoms with Crippen LogP contribution in [0.1, 0.15) is 17.3 Å². The van der Waals surface area contributed by atoms with Gasteiger partial charge in [-0.2, -0.15) is 0 Å². The number of hydrogen-bond acceptors (Lipinski definition) is 6. The van der Waals surface area contributed by atoms with Crippen molar-refractivity contribution in [3.8, 4) is 5.75 Å². The molecule has 0 spiro atoms. The minimum atomic E-state index is -1.46. The van der Waals surface area contributed by atoms with Crippen LogP contribution in [0, 0.1) is 0 Å². The number of ether oxygens (including phenoxy) is 2. The number of methoxy groups -OCH3 is 1. The first-order valence-corrected chi connectivity index (χ1v) is 6.05. The Morgan fingerprint density at radius 1 is 1.38 bits per heavy atom. The maximum atomic E-state index is 11.8. The Morgan fingerprint density at radius 2 is 2.05 bits per heavy atom. The lowest BCUT2D eigenvalue weighted by Gasteiger charge is -2.12. The van der Waals surface area contributed by atoms with Crippen molar-refractivity contribution < 1.29 is 29.0 Å². The molecule has 1 aromatic rings. The summed E-state index contributed by atoms with van der Waals surface area (Å²) in [5.74, 6) is -2.69. The van der Waals surface area contributed by atoms with Gasteiger partial charge in [0.25, 0.3) is 5.91 Å². The highest BCUT2D eigenvalue weighted by molar-refractivity contribution is 6.08. The molecule has 0 aliphatic heterocycles. The van der Waals surface area contributed by atoms with Crippen molar-refractivity contribution >= 4 is 23.5 Å². The Hall–Kier alpha value is -2.61. The number of carboxylic acid groups (broad SMARTS) is 1. The van der Waals surface area contributed by atoms with Crippen LogP contribution in [0.4, 0.5) is 5.69 Å². The molecule has 0 aliphatic carbocycles. The molecule has 4 N–H and O–H groups in total. The summed E-state index contributed by atoms with van der Waals surface area (Å²) in [5.41, 5.74) is 5.63. The molecule has 0 saturated carbocycles. The largest absolute Gasteiger partial charge is 0.496 e. The number of anilines is 1. The van der Waals surface area contributed by atoms with E-state index in [1.54, 1.807) is 6.92 Å². The lowest BCUT2D eigenvalue weighted by molar-refractivity contribution is -0.146. The minimum absolute atomic E-state index is 0.0507. The van der Waals surface area contributed by atoms with Crippen LogP contribution < -0.4 is 15.8 Å². The number of carbonyl (C=O) groups excluding carboxylic acids is 2. The summed E-state index contributed by atoms with van der Waals surface area (Å²) in [6, 6.07) is 2.49. The third-order valence-electron chi connectivity index (χ3n) is 2.52. The molecule has 1 unspecified atom stereocenters. The molecule has 0 radical (unpaired) electrons. The van der Waals surface area contributed by atoms with Crippen molar-refractivity contribution in [2.45, 2.75) is 13.0 Å². The number of esters is 1. The second-order valence-corrected chi connectivity index (χ2v) is 3.94. The van der Waals surface area contributed by atoms with E-state index in [-0.39, 0.29) is 23.6 Å². The van der Waals surface area contributed by atoms with E-state index in [1.807, 2.05) is 0 Å². The van der Waals surface area contributed by atoms with Crippen molar-refractivity contribution in [2.24, 2.45) is 5.73 Å². The molecule has 0 bridgehead atoms. The molecule has 8 nitrogen and oxygen atoms in total. The molecule has 1 aromatic carbocycles. The molecule has 1 rings (SSSR count). The molecule has 0 fully saturated rings. The smallest absolute Gasteiger partial charge is 0.339 e. The Bertz CT molecular complexity index is 558. The number of aromatic carboxylic acids is 1. The molecule has 0 aromatic heterocycles. The molecule has 114 valence electrons. The third kappa shape index (κ3) is 4.18. The fourth-order valence-electron chi connectivity index (χ4n) is 1.50. The Balaban J connectivity index is 2.86. The number of amides is 1. The zero-order valence-corrected chi connectivity index (χ0v) is 11.6. The van der Waals surface area contributed by atoms with E-state index in [4.69, 9.17) is 15.6 Å². The van der Waals surface area contributed by atoms with E-state index < -0.39 is 23.9 Å². The minimum Gasteiger partial charge on any atom is -0.496 e. The van der Waals surface area contributed by atoms with Crippen molar-refractivity contribution in [3.63, 3.8) is 0 Å². The van der Waals surface area contributed by atoms with Crippen LogP contribution in [-0.2, 0) is 14.3 Å². The van der Waals surface area contributed by atoms with Crippen LogP contribution >= 0.6 is 0 Å². The first-order valence-electron chi connectivity index (χ1n) is 6.05. The number of carboxylic acids is 1. The molecule has 0 saturated heterocycles. The third-order valence-corrected chi connectivity index (χ3v) is 2.52. The van der Waals surface area contributed by atoms with Gasteiger partial charge in [0.15, 0.2) is 6.04 Å². The number of hydrogen-bond donors (Lipinski definition) is 3. The van der Waals surface area contributed by atoms with Crippen LogP contribution in [-0.4, -0.2) is 42.7 Å². The van der Waals surface area contributed by atoms with Gasteiger partial charge in [-0.1, -0.05) is 0 Å². The van der Waals surface area contributed by atoms with Crippen molar-refractivity contribution in [3.05, 3.63) is 23.8 Å². The van der Waals surface area contributed by atoms with Gasteiger partial charge in [-0.15, -0.1) is 0 Å². The number of carbonyl (C=O) groups is 3. The fraction of sp³-hybridized carbons (Fsp3) is 0.308. The standard InChI is InChI=1S/C13H16N2O6/c1-3-21-13(19)10(14)11(16)15-7-4-5-8(12(17)18)9(6-7)20-2/h4-6,10H,3,14H2,1-2H3,(H,15,16)(H,17,18). The van der Waals surface area contributed by atoms with Crippen LogP contribution in [0.5, 0.6) is 5.75 Å². The van der Waals surface area contributed by atoms with Crippen molar-refractivity contribution in [2.75, 3.05) is 19.0 Å².